The summed E-state index contributed by atoms with van der Waals surface area (Å²) >= 11 is 0. The monoisotopic (exact) mass is 460 g/mol. The van der Waals surface area contributed by atoms with Crippen LogP contribution in [0.4, 0.5) is 14.5 Å². The molecule has 3 aromatic rings. The number of carbonyl (C=O) groups excluding carboxylic acids is 1. The second-order valence-corrected chi connectivity index (χ2v) is 8.96. The molecule has 0 aliphatic carbocycles. The zero-order valence-electron chi connectivity index (χ0n) is 17.3. The minimum atomic E-state index is -3.86. The van der Waals surface area contributed by atoms with E-state index in [9.17, 15) is 22.0 Å². The Kier molecular flexibility index (Phi) is 7.42. The van der Waals surface area contributed by atoms with Gasteiger partial charge in [-0.2, -0.15) is 0 Å². The van der Waals surface area contributed by atoms with E-state index < -0.39 is 28.3 Å². The van der Waals surface area contributed by atoms with Crippen molar-refractivity contribution in [3.8, 4) is 5.75 Å². The van der Waals surface area contributed by atoms with E-state index in [1.54, 1.807) is 36.4 Å². The van der Waals surface area contributed by atoms with Gasteiger partial charge in [-0.3, -0.25) is 9.10 Å². The van der Waals surface area contributed by atoms with Crippen LogP contribution in [0.1, 0.15) is 11.1 Å². The van der Waals surface area contributed by atoms with Gasteiger partial charge in [0.15, 0.2) is 0 Å². The molecule has 0 aliphatic heterocycles. The van der Waals surface area contributed by atoms with E-state index in [0.717, 1.165) is 27.8 Å². The Morgan fingerprint density at radius 2 is 1.56 bits per heavy atom. The van der Waals surface area contributed by atoms with Crippen LogP contribution in [0.2, 0.25) is 0 Å². The van der Waals surface area contributed by atoms with Gasteiger partial charge in [-0.1, -0.05) is 36.4 Å². The molecule has 32 heavy (non-hydrogen) atoms. The fourth-order valence-electron chi connectivity index (χ4n) is 2.87. The lowest BCUT2D eigenvalue weighted by Crippen LogP contribution is -2.40. The lowest BCUT2D eigenvalue weighted by Gasteiger charge is -2.22. The quantitative estimate of drug-likeness (QED) is 0.529. The van der Waals surface area contributed by atoms with Crippen molar-refractivity contribution >= 4 is 21.6 Å². The molecule has 3 rings (SSSR count). The Morgan fingerprint density at radius 3 is 2.19 bits per heavy atom. The fraction of sp³-hybridized carbons (Fsp3) is 0.174. The molecule has 0 unspecified atom stereocenters. The highest BCUT2D eigenvalue weighted by molar-refractivity contribution is 7.92. The van der Waals surface area contributed by atoms with E-state index in [1.807, 2.05) is 0 Å². The first-order valence-corrected chi connectivity index (χ1v) is 11.5. The fourth-order valence-corrected chi connectivity index (χ4v) is 3.73. The molecule has 0 atom stereocenters. The Bertz CT molecular complexity index is 1170. The summed E-state index contributed by atoms with van der Waals surface area (Å²) in [6.07, 6.45) is 0.914. The smallest absolute Gasteiger partial charge is 0.241 e. The van der Waals surface area contributed by atoms with Crippen LogP contribution in [-0.2, 0) is 28.0 Å². The van der Waals surface area contributed by atoms with E-state index in [2.05, 4.69) is 5.32 Å². The molecule has 168 valence electrons. The van der Waals surface area contributed by atoms with Crippen LogP contribution >= 0.6 is 0 Å². The summed E-state index contributed by atoms with van der Waals surface area (Å²) in [7, 11) is -3.86. The second-order valence-electron chi connectivity index (χ2n) is 7.06. The number of carbonyl (C=O) groups is 1. The van der Waals surface area contributed by atoms with Crippen molar-refractivity contribution in [3.05, 3.63) is 95.6 Å². The maximum atomic E-state index is 14.0. The van der Waals surface area contributed by atoms with Gasteiger partial charge in [0.25, 0.3) is 0 Å². The lowest BCUT2D eigenvalue weighted by atomic mass is 10.2. The highest BCUT2D eigenvalue weighted by atomic mass is 32.2. The molecular formula is C23H22F2N2O4S. The zero-order valence-corrected chi connectivity index (χ0v) is 18.1. The van der Waals surface area contributed by atoms with Crippen LogP contribution < -0.4 is 14.4 Å². The Hall–Kier alpha value is -3.46. The normalized spacial score (nSPS) is 11.1. The van der Waals surface area contributed by atoms with Crippen molar-refractivity contribution in [3.63, 3.8) is 0 Å². The lowest BCUT2D eigenvalue weighted by molar-refractivity contribution is -0.119. The molecule has 0 saturated heterocycles. The van der Waals surface area contributed by atoms with Gasteiger partial charge in [-0.15, -0.1) is 0 Å². The second kappa shape index (κ2) is 10.2. The van der Waals surface area contributed by atoms with Crippen molar-refractivity contribution in [1.29, 1.82) is 0 Å². The largest absolute Gasteiger partial charge is 0.489 e. The van der Waals surface area contributed by atoms with E-state index in [4.69, 9.17) is 4.74 Å². The van der Waals surface area contributed by atoms with Crippen LogP contribution in [0.3, 0.4) is 0 Å². The van der Waals surface area contributed by atoms with Gasteiger partial charge in [-0.25, -0.2) is 17.2 Å². The summed E-state index contributed by atoms with van der Waals surface area (Å²) in [6, 6.07) is 18.3. The molecule has 3 aromatic carbocycles. The predicted octanol–water partition coefficient (Wildman–Crippen LogP) is 3.63. The first-order chi connectivity index (χ1) is 15.2. The van der Waals surface area contributed by atoms with Gasteiger partial charge in [-0.05, 0) is 47.5 Å². The van der Waals surface area contributed by atoms with Gasteiger partial charge >= 0.3 is 0 Å². The number of nitrogens with one attached hydrogen (secondary N) is 1. The van der Waals surface area contributed by atoms with Gasteiger partial charge in [0.05, 0.1) is 11.9 Å². The molecule has 1 amide bonds. The molecule has 9 heteroatoms. The number of anilines is 1. The average molecular weight is 461 g/mol. The SMILES string of the molecule is CS(=O)(=O)N(CC(=O)NCc1ccc(OCc2ccc(F)cc2)cc1)c1ccccc1F. The van der Waals surface area contributed by atoms with E-state index >= 15 is 0 Å². The Morgan fingerprint density at radius 1 is 0.938 bits per heavy atom. The van der Waals surface area contributed by atoms with E-state index in [0.29, 0.717) is 5.75 Å². The molecule has 0 spiro atoms. The summed E-state index contributed by atoms with van der Waals surface area (Å²) in [5, 5.41) is 2.63. The molecule has 0 aliphatic rings. The van der Waals surface area contributed by atoms with Gasteiger partial charge in [0, 0.05) is 6.54 Å². The summed E-state index contributed by atoms with van der Waals surface area (Å²) in [5.41, 5.74) is 1.41. The summed E-state index contributed by atoms with van der Waals surface area (Å²) < 4.78 is 57.5. The molecule has 0 saturated carbocycles. The molecule has 0 fully saturated rings. The predicted molar refractivity (Wildman–Crippen MR) is 118 cm³/mol. The van der Waals surface area contributed by atoms with E-state index in [-0.39, 0.29) is 24.7 Å². The van der Waals surface area contributed by atoms with Crippen molar-refractivity contribution in [2.75, 3.05) is 17.1 Å². The highest BCUT2D eigenvalue weighted by Gasteiger charge is 2.23. The number of hydrogen-bond acceptors (Lipinski definition) is 4. The molecule has 1 N–H and O–H groups in total. The van der Waals surface area contributed by atoms with Crippen LogP contribution in [0, 0.1) is 11.6 Å². The minimum absolute atomic E-state index is 0.159. The standard InChI is InChI=1S/C23H22F2N2O4S/c1-32(29,30)27(22-5-3-2-4-21(22)25)15-23(28)26-14-17-8-12-20(13-9-17)31-16-18-6-10-19(24)11-7-18/h2-13H,14-16H2,1H3,(H,26,28). The number of sulfonamides is 1. The topological polar surface area (TPSA) is 75.7 Å². The summed E-state index contributed by atoms with van der Waals surface area (Å²) in [4.78, 5) is 12.3. The average Bonchev–Trinajstić information content (AvgIpc) is 2.76. The van der Waals surface area contributed by atoms with Gasteiger partial charge in [0.1, 0.15) is 30.5 Å². The molecule has 0 heterocycles. The van der Waals surface area contributed by atoms with Crippen LogP contribution in [0.25, 0.3) is 0 Å². The first kappa shape index (κ1) is 23.2. The van der Waals surface area contributed by atoms with Crippen molar-refractivity contribution in [2.24, 2.45) is 0 Å². The highest BCUT2D eigenvalue weighted by Crippen LogP contribution is 2.21. The maximum absolute atomic E-state index is 14.0. The first-order valence-electron chi connectivity index (χ1n) is 9.67. The third-order valence-electron chi connectivity index (χ3n) is 4.54. The van der Waals surface area contributed by atoms with Crippen LogP contribution in [0.5, 0.6) is 5.75 Å². The van der Waals surface area contributed by atoms with Gasteiger partial charge < -0.3 is 10.1 Å². The number of rotatable bonds is 9. The van der Waals surface area contributed by atoms with E-state index in [1.165, 1.54) is 30.3 Å². The van der Waals surface area contributed by atoms with Crippen molar-refractivity contribution in [2.45, 2.75) is 13.2 Å². The minimum Gasteiger partial charge on any atom is -0.489 e. The van der Waals surface area contributed by atoms with Gasteiger partial charge in [0.2, 0.25) is 15.9 Å². The Balaban J connectivity index is 1.54. The maximum Gasteiger partial charge on any atom is 0.241 e. The number of amides is 1. The molecule has 0 radical (unpaired) electrons. The number of halogens is 2. The molecule has 0 bridgehead atoms. The molecule has 0 aromatic heterocycles. The van der Waals surface area contributed by atoms with Crippen LogP contribution in [-0.4, -0.2) is 27.1 Å². The number of nitrogens with zero attached hydrogens (tertiary/aromatic N) is 1. The molecule has 6 nitrogen and oxygen atoms in total. The number of hydrogen-bond donors (Lipinski definition) is 1. The number of ether oxygens (including phenoxy) is 1. The number of para-hydroxylation sites is 1. The molecular weight excluding hydrogens is 438 g/mol. The third kappa shape index (κ3) is 6.52. The third-order valence-corrected chi connectivity index (χ3v) is 5.67. The zero-order chi connectivity index (χ0) is 23.1. The van der Waals surface area contributed by atoms with Crippen molar-refractivity contribution in [1.82, 2.24) is 5.32 Å². The summed E-state index contributed by atoms with van der Waals surface area (Å²) in [6.45, 7) is -0.0989. The Labute approximate surface area is 185 Å². The summed E-state index contributed by atoms with van der Waals surface area (Å²) in [5.74, 6) is -1.02. The number of benzene rings is 3. The van der Waals surface area contributed by atoms with Crippen molar-refractivity contribution < 1.29 is 26.7 Å². The van der Waals surface area contributed by atoms with Crippen LogP contribution in [0.15, 0.2) is 72.8 Å².